The van der Waals surface area contributed by atoms with Crippen LogP contribution in [0.4, 0.5) is 28.0 Å². The first-order chi connectivity index (χ1) is 17.3. The van der Waals surface area contributed by atoms with Crippen LogP contribution in [-0.2, 0) is 29.1 Å². The molecule has 2 aliphatic heterocycles. The fraction of sp³-hybridized carbons (Fsp3) is 0.455. The van der Waals surface area contributed by atoms with Crippen molar-refractivity contribution in [3.63, 3.8) is 0 Å². The summed E-state index contributed by atoms with van der Waals surface area (Å²) in [7, 11) is 2.44. The number of benzene rings is 1. The summed E-state index contributed by atoms with van der Waals surface area (Å²) in [6.07, 6.45) is -3.84. The minimum atomic E-state index is -4.50. The molecule has 0 fully saturated rings. The zero-order valence-electron chi connectivity index (χ0n) is 19.8. The Kier molecular flexibility index (Phi) is 7.18. The van der Waals surface area contributed by atoms with Gasteiger partial charge in [0.2, 0.25) is 0 Å². The van der Waals surface area contributed by atoms with Gasteiger partial charge in [0.1, 0.15) is 11.5 Å². The third-order valence-electron chi connectivity index (χ3n) is 5.99. The number of carbonyl (C=O) groups is 3. The highest BCUT2D eigenvalue weighted by molar-refractivity contribution is 6.31. The number of nitrogens with one attached hydrogen (secondary N) is 1. The number of urea groups is 1. The van der Waals surface area contributed by atoms with Gasteiger partial charge in [-0.1, -0.05) is 11.6 Å². The second kappa shape index (κ2) is 9.91. The second-order valence-corrected chi connectivity index (χ2v) is 9.43. The number of aldehydes is 1. The van der Waals surface area contributed by atoms with Crippen molar-refractivity contribution in [2.45, 2.75) is 31.3 Å². The van der Waals surface area contributed by atoms with Gasteiger partial charge < -0.3 is 10.2 Å². The summed E-state index contributed by atoms with van der Waals surface area (Å²) in [5.74, 6) is -1.30. The number of nitrogens with zero attached hydrogens (tertiary/aromatic N) is 5. The van der Waals surface area contributed by atoms with Gasteiger partial charge in [-0.25, -0.2) is 14.2 Å². The number of hydrogen-bond acceptors (Lipinski definition) is 6. The van der Waals surface area contributed by atoms with E-state index in [0.29, 0.717) is 17.5 Å². The first kappa shape index (κ1) is 26.8. The third-order valence-corrected chi connectivity index (χ3v) is 6.28. The second-order valence-electron chi connectivity index (χ2n) is 9.03. The predicted octanol–water partition coefficient (Wildman–Crippen LogP) is 2.71. The maximum Gasteiger partial charge on any atom is 0.401 e. The van der Waals surface area contributed by atoms with Crippen LogP contribution in [0.1, 0.15) is 21.7 Å². The molecule has 0 radical (unpaired) electrons. The zero-order chi connectivity index (χ0) is 27.1. The normalized spacial score (nSPS) is 19.9. The van der Waals surface area contributed by atoms with E-state index < -0.39 is 42.6 Å². The number of hydrogen-bond donors (Lipinski definition) is 1. The lowest BCUT2D eigenvalue weighted by Crippen LogP contribution is -2.52. The average Bonchev–Trinajstić information content (AvgIpc) is 3.11. The summed E-state index contributed by atoms with van der Waals surface area (Å²) in [4.78, 5) is 46.0. The number of anilines is 1. The van der Waals surface area contributed by atoms with Gasteiger partial charge in [0.05, 0.1) is 30.4 Å². The number of rotatable bonds is 5. The number of halogens is 5. The fourth-order valence-corrected chi connectivity index (χ4v) is 4.65. The average molecular weight is 547 g/mol. The number of hydroxylamine groups is 2. The molecule has 200 valence electrons. The molecule has 0 aliphatic carbocycles. The standard InChI is InChI=1S/C22H23ClF4N6O4/c1-30(11-22(25,26)27)9-21(12-34)10-33-18(19(35)31(2)37-21)14-8-32(6-5-17(14)29-33)20(36)28-13-3-4-16(24)15(23)7-13/h3-4,7,12H,5-6,8-11H2,1-2H3,(H,28,36). The molecule has 0 bridgehead atoms. The summed E-state index contributed by atoms with van der Waals surface area (Å²) in [5.41, 5.74) is -0.510. The van der Waals surface area contributed by atoms with Gasteiger partial charge >= 0.3 is 12.2 Å². The topological polar surface area (TPSA) is 100 Å². The Balaban J connectivity index is 1.58. The van der Waals surface area contributed by atoms with E-state index in [4.69, 9.17) is 16.4 Å². The number of carbonyl (C=O) groups excluding carboxylic acids is 3. The molecule has 1 atom stereocenters. The molecular weight excluding hydrogens is 524 g/mol. The molecule has 0 spiro atoms. The molecule has 3 heterocycles. The van der Waals surface area contributed by atoms with Crippen molar-refractivity contribution in [2.24, 2.45) is 0 Å². The van der Waals surface area contributed by atoms with Gasteiger partial charge in [-0.2, -0.15) is 18.3 Å². The highest BCUT2D eigenvalue weighted by atomic mass is 35.5. The smallest absolute Gasteiger partial charge is 0.320 e. The van der Waals surface area contributed by atoms with Crippen LogP contribution in [0.15, 0.2) is 18.2 Å². The fourth-order valence-electron chi connectivity index (χ4n) is 4.47. The van der Waals surface area contributed by atoms with E-state index in [1.807, 2.05) is 0 Å². The zero-order valence-corrected chi connectivity index (χ0v) is 20.6. The van der Waals surface area contributed by atoms with Crippen LogP contribution in [0.25, 0.3) is 0 Å². The molecule has 10 nitrogen and oxygen atoms in total. The molecule has 4 rings (SSSR count). The molecule has 2 aromatic rings. The van der Waals surface area contributed by atoms with Crippen molar-refractivity contribution >= 4 is 35.5 Å². The van der Waals surface area contributed by atoms with Gasteiger partial charge in [-0.05, 0) is 25.2 Å². The Bertz CT molecular complexity index is 1240. The summed E-state index contributed by atoms with van der Waals surface area (Å²) in [5, 5.41) is 7.70. The third kappa shape index (κ3) is 5.70. The number of aromatic nitrogens is 2. The van der Waals surface area contributed by atoms with Crippen LogP contribution in [0.3, 0.4) is 0 Å². The predicted molar refractivity (Wildman–Crippen MR) is 122 cm³/mol. The van der Waals surface area contributed by atoms with E-state index in [1.165, 1.54) is 35.8 Å². The largest absolute Gasteiger partial charge is 0.401 e. The van der Waals surface area contributed by atoms with Crippen LogP contribution in [-0.4, -0.2) is 88.4 Å². The Morgan fingerprint density at radius 3 is 2.76 bits per heavy atom. The summed E-state index contributed by atoms with van der Waals surface area (Å²) in [6.45, 7) is -1.80. The molecule has 1 aromatic carbocycles. The first-order valence-corrected chi connectivity index (χ1v) is 11.5. The molecule has 3 amide bonds. The molecule has 0 saturated carbocycles. The summed E-state index contributed by atoms with van der Waals surface area (Å²) in [6, 6.07) is 3.21. The van der Waals surface area contributed by atoms with Crippen LogP contribution < -0.4 is 5.32 Å². The lowest BCUT2D eigenvalue weighted by atomic mass is 10.0. The van der Waals surface area contributed by atoms with Crippen molar-refractivity contribution in [3.05, 3.63) is 46.0 Å². The van der Waals surface area contributed by atoms with Crippen molar-refractivity contribution in [3.8, 4) is 0 Å². The maximum atomic E-state index is 13.4. The van der Waals surface area contributed by atoms with Crippen LogP contribution >= 0.6 is 11.6 Å². The van der Waals surface area contributed by atoms with E-state index >= 15 is 0 Å². The molecule has 1 aromatic heterocycles. The summed E-state index contributed by atoms with van der Waals surface area (Å²) >= 11 is 5.77. The summed E-state index contributed by atoms with van der Waals surface area (Å²) < 4.78 is 53.3. The van der Waals surface area contributed by atoms with Crippen molar-refractivity contribution in [1.82, 2.24) is 24.6 Å². The van der Waals surface area contributed by atoms with Gasteiger partial charge in [-0.3, -0.25) is 24.0 Å². The van der Waals surface area contributed by atoms with Crippen LogP contribution in [0.2, 0.25) is 5.02 Å². The molecule has 15 heteroatoms. The lowest BCUT2D eigenvalue weighted by Gasteiger charge is -2.33. The Morgan fingerprint density at radius 1 is 1.38 bits per heavy atom. The van der Waals surface area contributed by atoms with E-state index in [1.54, 1.807) is 0 Å². The number of amides is 3. The van der Waals surface area contributed by atoms with Crippen LogP contribution in [0, 0.1) is 5.82 Å². The number of fused-ring (bicyclic) bond motifs is 3. The SMILES string of the molecule is CN(CC(F)(F)F)CC1(C=O)Cn2nc3c(c2C(=O)N(C)O1)CN(C(=O)Nc1ccc(F)c(Cl)c1)CC3. The molecule has 37 heavy (non-hydrogen) atoms. The molecule has 0 saturated heterocycles. The number of likely N-dealkylation sites (N-methyl/N-ethyl adjacent to an activating group) is 1. The van der Waals surface area contributed by atoms with Crippen molar-refractivity contribution in [1.29, 1.82) is 0 Å². The monoisotopic (exact) mass is 546 g/mol. The van der Waals surface area contributed by atoms with Gasteiger partial charge in [0.15, 0.2) is 11.9 Å². The number of alkyl halides is 3. The lowest BCUT2D eigenvalue weighted by molar-refractivity contribution is -0.209. The maximum absolute atomic E-state index is 13.4. The van der Waals surface area contributed by atoms with E-state index in [0.717, 1.165) is 16.0 Å². The molecule has 2 aliphatic rings. The Hall–Kier alpha value is -3.23. The minimum absolute atomic E-state index is 0.00687. The van der Waals surface area contributed by atoms with Gasteiger partial charge in [-0.15, -0.1) is 0 Å². The van der Waals surface area contributed by atoms with Gasteiger partial charge in [0, 0.05) is 37.8 Å². The Labute approximate surface area is 213 Å². The molecule has 1 N–H and O–H groups in total. The van der Waals surface area contributed by atoms with Crippen LogP contribution in [0.5, 0.6) is 0 Å². The van der Waals surface area contributed by atoms with E-state index in [2.05, 4.69) is 10.4 Å². The Morgan fingerprint density at radius 2 is 2.11 bits per heavy atom. The van der Waals surface area contributed by atoms with Gasteiger partial charge in [0.25, 0.3) is 5.91 Å². The first-order valence-electron chi connectivity index (χ1n) is 11.1. The minimum Gasteiger partial charge on any atom is -0.320 e. The van der Waals surface area contributed by atoms with Crippen molar-refractivity contribution < 1.29 is 36.8 Å². The highest BCUT2D eigenvalue weighted by Gasteiger charge is 2.44. The molecular formula is C22H23ClF4N6O4. The highest BCUT2D eigenvalue weighted by Crippen LogP contribution is 2.30. The van der Waals surface area contributed by atoms with E-state index in [-0.39, 0.29) is 42.5 Å². The quantitative estimate of drug-likeness (QED) is 0.457. The van der Waals surface area contributed by atoms with E-state index in [9.17, 15) is 31.9 Å². The molecule has 1 unspecified atom stereocenters. The van der Waals surface area contributed by atoms with Crippen molar-refractivity contribution in [2.75, 3.05) is 39.0 Å².